The third-order valence-electron chi connectivity index (χ3n) is 2.46. The van der Waals surface area contributed by atoms with Gasteiger partial charge in [0.15, 0.2) is 0 Å². The molecule has 0 aliphatic carbocycles. The number of benzene rings is 1. The molecule has 0 heterocycles. The van der Waals surface area contributed by atoms with Crippen molar-refractivity contribution in [1.82, 2.24) is 0 Å². The van der Waals surface area contributed by atoms with E-state index >= 15 is 0 Å². The average molecular weight is 333 g/mol. The molecule has 0 radical (unpaired) electrons. The number of hydrogen-bond acceptors (Lipinski definition) is 2. The summed E-state index contributed by atoms with van der Waals surface area (Å²) in [5, 5.41) is 16.5. The minimum atomic E-state index is -1.05. The molecule has 0 aliphatic rings. The highest BCUT2D eigenvalue weighted by Crippen LogP contribution is 2.14. The molecular weight excluding hydrogens is 330 g/mol. The van der Waals surface area contributed by atoms with Crippen LogP contribution in [0.3, 0.4) is 0 Å². The van der Waals surface area contributed by atoms with Gasteiger partial charge in [-0.05, 0) is 28.4 Å². The van der Waals surface area contributed by atoms with Crippen molar-refractivity contribution in [2.45, 2.75) is 6.92 Å². The molecule has 0 aliphatic heterocycles. The quantitative estimate of drug-likeness (QED) is 0.540. The van der Waals surface area contributed by atoms with E-state index in [-0.39, 0.29) is 5.56 Å². The summed E-state index contributed by atoms with van der Waals surface area (Å²) in [5.74, 6) is -2.07. The fourth-order valence-electron chi connectivity index (χ4n) is 1.54. The molecule has 0 spiro atoms. The largest absolute Gasteiger partial charge is 0.273 e. The first-order chi connectivity index (χ1) is 9.44. The molecular formula is C13H3BrF2N4. The molecule has 0 saturated heterocycles. The minimum absolute atomic E-state index is 0.301. The maximum Gasteiger partial charge on any atom is 0.273 e. The SMILES string of the molecule is [C-]#[N+]/C(C#N)=c1/c(C)c(F)/c(=C(\C#N)[N+]#[C-])c(Br)c1F. The summed E-state index contributed by atoms with van der Waals surface area (Å²) in [5.41, 5.74) is -1.53. The van der Waals surface area contributed by atoms with Crippen LogP contribution in [0.25, 0.3) is 21.1 Å². The second-order valence-corrected chi connectivity index (χ2v) is 4.25. The molecule has 4 nitrogen and oxygen atoms in total. The summed E-state index contributed by atoms with van der Waals surface area (Å²) in [6.45, 7) is 14.8. The van der Waals surface area contributed by atoms with Gasteiger partial charge in [-0.2, -0.15) is 0 Å². The fourth-order valence-corrected chi connectivity index (χ4v) is 2.10. The Morgan fingerprint density at radius 2 is 1.50 bits per heavy atom. The Bertz CT molecular complexity index is 747. The van der Waals surface area contributed by atoms with Crippen LogP contribution in [0, 0.1) is 54.4 Å². The molecule has 0 amide bonds. The summed E-state index contributed by atoms with van der Waals surface area (Å²) in [6, 6.07) is 2.96. The van der Waals surface area contributed by atoms with Gasteiger partial charge in [0.25, 0.3) is 11.4 Å². The lowest BCUT2D eigenvalue weighted by Gasteiger charge is -2.05. The lowest BCUT2D eigenvalue weighted by Crippen LogP contribution is -2.27. The first-order valence-corrected chi connectivity index (χ1v) is 5.70. The van der Waals surface area contributed by atoms with Crippen molar-refractivity contribution in [3.63, 3.8) is 0 Å². The monoisotopic (exact) mass is 332 g/mol. The number of nitrogens with zero attached hydrogens (tertiary/aromatic N) is 4. The van der Waals surface area contributed by atoms with Crippen LogP contribution in [-0.2, 0) is 0 Å². The highest BCUT2D eigenvalue weighted by Gasteiger charge is 2.18. The zero-order valence-corrected chi connectivity index (χ0v) is 11.5. The Hall–Kier alpha value is -2.74. The van der Waals surface area contributed by atoms with Crippen LogP contribution in [0.4, 0.5) is 8.78 Å². The van der Waals surface area contributed by atoms with E-state index in [2.05, 4.69) is 25.6 Å². The van der Waals surface area contributed by atoms with Crippen molar-refractivity contribution in [3.05, 3.63) is 54.9 Å². The van der Waals surface area contributed by atoms with E-state index in [9.17, 15) is 8.78 Å². The summed E-state index contributed by atoms with van der Waals surface area (Å²) in [7, 11) is 0. The predicted molar refractivity (Wildman–Crippen MR) is 69.3 cm³/mol. The number of nitriles is 2. The first kappa shape index (κ1) is 15.3. The molecule has 96 valence electrons. The molecule has 0 unspecified atom stereocenters. The van der Waals surface area contributed by atoms with Crippen LogP contribution < -0.4 is 10.4 Å². The highest BCUT2D eigenvalue weighted by atomic mass is 79.9. The van der Waals surface area contributed by atoms with Gasteiger partial charge in [-0.3, -0.25) is 0 Å². The minimum Gasteiger partial charge on any atom is -0.226 e. The van der Waals surface area contributed by atoms with Crippen LogP contribution in [0.1, 0.15) is 5.56 Å². The Balaban J connectivity index is 4.35. The fraction of sp³-hybridized carbons (Fsp3) is 0.0769. The molecule has 0 atom stereocenters. The van der Waals surface area contributed by atoms with Gasteiger partial charge in [-0.15, -0.1) is 0 Å². The van der Waals surface area contributed by atoms with Gasteiger partial charge < -0.3 is 0 Å². The zero-order valence-electron chi connectivity index (χ0n) is 9.92. The zero-order chi connectivity index (χ0) is 15.4. The van der Waals surface area contributed by atoms with Gasteiger partial charge >= 0.3 is 0 Å². The van der Waals surface area contributed by atoms with Crippen molar-refractivity contribution in [3.8, 4) is 12.1 Å². The van der Waals surface area contributed by atoms with Crippen molar-refractivity contribution in [1.29, 1.82) is 10.5 Å². The smallest absolute Gasteiger partial charge is 0.226 e. The van der Waals surface area contributed by atoms with E-state index in [1.54, 1.807) is 0 Å². The van der Waals surface area contributed by atoms with Gasteiger partial charge in [0, 0.05) is 10.4 Å². The molecule has 0 N–H and O–H groups in total. The van der Waals surface area contributed by atoms with Gasteiger partial charge in [0.05, 0.1) is 29.8 Å². The van der Waals surface area contributed by atoms with E-state index in [1.165, 1.54) is 19.1 Å². The molecule has 1 rings (SSSR count). The standard InChI is InChI=1S/C13H3BrF2N4/c1-6-9(7(4-17)19-2)13(16)11(14)10(12(6)15)8(5-18)20-3/h1H3/b9-7-,10-8+. The van der Waals surface area contributed by atoms with Crippen molar-refractivity contribution < 1.29 is 8.78 Å². The Labute approximate surface area is 121 Å². The lowest BCUT2D eigenvalue weighted by atomic mass is 10.1. The van der Waals surface area contributed by atoms with Gasteiger partial charge in [-0.25, -0.2) is 29.0 Å². The number of hydrogen-bond donors (Lipinski definition) is 0. The maximum atomic E-state index is 14.2. The van der Waals surface area contributed by atoms with Crippen molar-refractivity contribution >= 4 is 27.3 Å². The molecule has 20 heavy (non-hydrogen) atoms. The molecule has 0 fully saturated rings. The molecule has 1 aromatic carbocycles. The maximum absolute atomic E-state index is 14.2. The number of halogens is 3. The normalized spacial score (nSPS) is 12.4. The van der Waals surface area contributed by atoms with Crippen LogP contribution in [0.2, 0.25) is 0 Å². The second kappa shape index (κ2) is 5.93. The van der Waals surface area contributed by atoms with E-state index in [0.29, 0.717) is 0 Å². The molecule has 7 heteroatoms. The third-order valence-corrected chi connectivity index (χ3v) is 3.21. The molecule has 0 saturated carbocycles. The highest BCUT2D eigenvalue weighted by molar-refractivity contribution is 9.10. The molecule has 1 aromatic rings. The first-order valence-electron chi connectivity index (χ1n) is 4.91. The summed E-state index contributed by atoms with van der Waals surface area (Å²) in [6.07, 6.45) is 0. The summed E-state index contributed by atoms with van der Waals surface area (Å²) >= 11 is 2.77. The van der Waals surface area contributed by atoms with Gasteiger partial charge in [-0.1, -0.05) is 0 Å². The second-order valence-electron chi connectivity index (χ2n) is 3.46. The lowest BCUT2D eigenvalue weighted by molar-refractivity contribution is 0.570. The van der Waals surface area contributed by atoms with Gasteiger partial charge in [0.2, 0.25) is 0 Å². The predicted octanol–water partition coefficient (Wildman–Crippen LogP) is 2.14. The van der Waals surface area contributed by atoms with Gasteiger partial charge in [0.1, 0.15) is 11.6 Å². The van der Waals surface area contributed by atoms with Crippen molar-refractivity contribution in [2.75, 3.05) is 0 Å². The average Bonchev–Trinajstić information content (AvgIpc) is 2.46. The van der Waals surface area contributed by atoms with E-state index in [4.69, 9.17) is 23.7 Å². The topological polar surface area (TPSA) is 56.3 Å². The molecule has 0 bridgehead atoms. The number of rotatable bonds is 0. The Morgan fingerprint density at radius 3 is 1.90 bits per heavy atom. The summed E-state index contributed by atoms with van der Waals surface area (Å²) < 4.78 is 28.0. The van der Waals surface area contributed by atoms with Crippen LogP contribution in [-0.4, -0.2) is 0 Å². The summed E-state index contributed by atoms with van der Waals surface area (Å²) in [4.78, 5) is 5.67. The Morgan fingerprint density at radius 1 is 1.05 bits per heavy atom. The van der Waals surface area contributed by atoms with Crippen molar-refractivity contribution in [2.24, 2.45) is 0 Å². The van der Waals surface area contributed by atoms with Crippen LogP contribution in [0.15, 0.2) is 4.47 Å². The molecule has 0 aromatic heterocycles. The van der Waals surface area contributed by atoms with E-state index in [0.717, 1.165) is 0 Å². The van der Waals surface area contributed by atoms with Crippen LogP contribution >= 0.6 is 15.9 Å². The van der Waals surface area contributed by atoms with E-state index in [1.807, 2.05) is 0 Å². The van der Waals surface area contributed by atoms with Crippen LogP contribution in [0.5, 0.6) is 0 Å². The van der Waals surface area contributed by atoms with E-state index < -0.39 is 37.9 Å². The Kier molecular flexibility index (Phi) is 4.54. The third kappa shape index (κ3) is 2.24.